The van der Waals surface area contributed by atoms with Crippen LogP contribution >= 0.6 is 15.9 Å². The fourth-order valence-electron chi connectivity index (χ4n) is 1.94. The number of halogens is 1. The highest BCUT2D eigenvalue weighted by Gasteiger charge is 2.28. The van der Waals surface area contributed by atoms with E-state index in [1.54, 1.807) is 0 Å². The van der Waals surface area contributed by atoms with Crippen LogP contribution in [0.2, 0.25) is 0 Å². The molecule has 1 heterocycles. The molecule has 0 spiro atoms. The van der Waals surface area contributed by atoms with E-state index >= 15 is 0 Å². The quantitative estimate of drug-likeness (QED) is 0.857. The number of rotatable bonds is 4. The molecule has 1 aliphatic heterocycles. The Hall–Kier alpha value is -1.08. The van der Waals surface area contributed by atoms with Gasteiger partial charge in [-0.25, -0.2) is 8.42 Å². The molecule has 1 aromatic rings. The summed E-state index contributed by atoms with van der Waals surface area (Å²) in [6.45, 7) is 0.137. The Bertz CT molecular complexity index is 557. The summed E-state index contributed by atoms with van der Waals surface area (Å²) in [6.07, 6.45) is 0.506. The molecule has 1 aromatic carbocycles. The zero-order chi connectivity index (χ0) is 13.9. The zero-order valence-corrected chi connectivity index (χ0v) is 12.6. The lowest BCUT2D eigenvalue weighted by Crippen LogP contribution is -2.39. The maximum Gasteiger partial charge on any atom is 0.239 e. The van der Waals surface area contributed by atoms with Crippen LogP contribution in [0, 0.1) is 0 Å². The van der Waals surface area contributed by atoms with Gasteiger partial charge in [-0.3, -0.25) is 4.79 Å². The van der Waals surface area contributed by atoms with Gasteiger partial charge in [0.05, 0.1) is 18.1 Å². The molecule has 0 saturated carbocycles. The second kappa shape index (κ2) is 5.92. The van der Waals surface area contributed by atoms with Gasteiger partial charge in [-0.2, -0.15) is 0 Å². The summed E-state index contributed by atoms with van der Waals surface area (Å²) in [5, 5.41) is 5.71. The molecule has 104 valence electrons. The monoisotopic (exact) mass is 346 g/mol. The number of anilines is 1. The standard InChI is InChI=1S/C12H15BrN2O3S/c13-9-1-3-10(4-2-9)14-7-12(16)15-11-5-6-19(17,18)8-11/h1-4,11,14H,5-8H2,(H,15,16). The molecule has 5 nitrogen and oxygen atoms in total. The molecule has 1 saturated heterocycles. The predicted molar refractivity (Wildman–Crippen MR) is 77.8 cm³/mol. The molecule has 2 N–H and O–H groups in total. The fourth-order valence-corrected chi connectivity index (χ4v) is 3.88. The van der Waals surface area contributed by atoms with Gasteiger partial charge in [0.25, 0.3) is 0 Å². The fraction of sp³-hybridized carbons (Fsp3) is 0.417. The van der Waals surface area contributed by atoms with Gasteiger partial charge >= 0.3 is 0 Å². The number of benzene rings is 1. The number of hydrogen-bond acceptors (Lipinski definition) is 4. The van der Waals surface area contributed by atoms with E-state index in [1.165, 1.54) is 0 Å². The first-order valence-corrected chi connectivity index (χ1v) is 8.55. The highest BCUT2D eigenvalue weighted by atomic mass is 79.9. The van der Waals surface area contributed by atoms with Crippen molar-refractivity contribution < 1.29 is 13.2 Å². The van der Waals surface area contributed by atoms with Crippen LogP contribution in [0.5, 0.6) is 0 Å². The van der Waals surface area contributed by atoms with Crippen molar-refractivity contribution in [2.24, 2.45) is 0 Å². The maximum absolute atomic E-state index is 11.7. The van der Waals surface area contributed by atoms with Crippen molar-refractivity contribution in [2.45, 2.75) is 12.5 Å². The number of nitrogens with one attached hydrogen (secondary N) is 2. The molecular formula is C12H15BrN2O3S. The maximum atomic E-state index is 11.7. The van der Waals surface area contributed by atoms with Crippen LogP contribution in [0.25, 0.3) is 0 Å². The first-order valence-electron chi connectivity index (χ1n) is 5.94. The largest absolute Gasteiger partial charge is 0.376 e. The van der Waals surface area contributed by atoms with E-state index < -0.39 is 9.84 Å². The molecule has 0 radical (unpaired) electrons. The van der Waals surface area contributed by atoms with E-state index in [-0.39, 0.29) is 30.0 Å². The van der Waals surface area contributed by atoms with E-state index in [0.717, 1.165) is 10.2 Å². The lowest BCUT2D eigenvalue weighted by atomic mass is 10.2. The first-order chi connectivity index (χ1) is 8.94. The molecule has 0 aromatic heterocycles. The van der Waals surface area contributed by atoms with E-state index in [2.05, 4.69) is 26.6 Å². The first kappa shape index (κ1) is 14.3. The van der Waals surface area contributed by atoms with Crippen molar-refractivity contribution in [2.75, 3.05) is 23.4 Å². The lowest BCUT2D eigenvalue weighted by molar-refractivity contribution is -0.119. The van der Waals surface area contributed by atoms with Gasteiger partial charge in [-0.1, -0.05) is 15.9 Å². The van der Waals surface area contributed by atoms with E-state index in [9.17, 15) is 13.2 Å². The van der Waals surface area contributed by atoms with Gasteiger partial charge < -0.3 is 10.6 Å². The van der Waals surface area contributed by atoms with Crippen molar-refractivity contribution in [3.05, 3.63) is 28.7 Å². The molecular weight excluding hydrogens is 332 g/mol. The Labute approximate surface area is 120 Å². The third kappa shape index (κ3) is 4.50. The second-order valence-corrected chi connectivity index (χ2v) is 7.67. The summed E-state index contributed by atoms with van der Waals surface area (Å²) in [4.78, 5) is 11.7. The van der Waals surface area contributed by atoms with Gasteiger partial charge in [0.15, 0.2) is 9.84 Å². The average molecular weight is 347 g/mol. The minimum absolute atomic E-state index is 0.0526. The smallest absolute Gasteiger partial charge is 0.239 e. The van der Waals surface area contributed by atoms with Gasteiger partial charge in [0.2, 0.25) is 5.91 Å². The van der Waals surface area contributed by atoms with Gasteiger partial charge in [0, 0.05) is 16.2 Å². The minimum Gasteiger partial charge on any atom is -0.376 e. The molecule has 2 rings (SSSR count). The van der Waals surface area contributed by atoms with Crippen LogP contribution in [0.1, 0.15) is 6.42 Å². The van der Waals surface area contributed by atoms with Crippen molar-refractivity contribution in [3.63, 3.8) is 0 Å². The van der Waals surface area contributed by atoms with E-state index in [0.29, 0.717) is 6.42 Å². The number of amides is 1. The van der Waals surface area contributed by atoms with Crippen LogP contribution in [-0.4, -0.2) is 38.4 Å². The van der Waals surface area contributed by atoms with E-state index in [1.807, 2.05) is 24.3 Å². The Balaban J connectivity index is 1.77. The van der Waals surface area contributed by atoms with Crippen LogP contribution in [0.15, 0.2) is 28.7 Å². The molecule has 19 heavy (non-hydrogen) atoms. The molecule has 1 aliphatic rings. The third-order valence-corrected chi connectivity index (χ3v) is 5.19. The number of hydrogen-bond donors (Lipinski definition) is 2. The second-order valence-electron chi connectivity index (χ2n) is 4.53. The van der Waals surface area contributed by atoms with Gasteiger partial charge in [-0.05, 0) is 30.7 Å². The number of sulfone groups is 1. The minimum atomic E-state index is -2.95. The molecule has 1 atom stereocenters. The molecule has 7 heteroatoms. The van der Waals surface area contributed by atoms with E-state index in [4.69, 9.17) is 0 Å². The molecule has 1 fully saturated rings. The van der Waals surface area contributed by atoms with Crippen LogP contribution in [0.3, 0.4) is 0 Å². The molecule has 0 aliphatic carbocycles. The molecule has 1 amide bonds. The van der Waals surface area contributed by atoms with Crippen molar-refractivity contribution in [3.8, 4) is 0 Å². The lowest BCUT2D eigenvalue weighted by Gasteiger charge is -2.12. The Kier molecular flexibility index (Phi) is 4.46. The number of carbonyl (C=O) groups excluding carboxylic acids is 1. The predicted octanol–water partition coefficient (Wildman–Crippen LogP) is 1.16. The van der Waals surface area contributed by atoms with Crippen molar-refractivity contribution >= 4 is 37.4 Å². The topological polar surface area (TPSA) is 75.3 Å². The van der Waals surface area contributed by atoms with Gasteiger partial charge in [-0.15, -0.1) is 0 Å². The van der Waals surface area contributed by atoms with Crippen LogP contribution in [-0.2, 0) is 14.6 Å². The third-order valence-electron chi connectivity index (χ3n) is 2.89. The number of carbonyl (C=O) groups is 1. The van der Waals surface area contributed by atoms with Gasteiger partial charge in [0.1, 0.15) is 0 Å². The van der Waals surface area contributed by atoms with Crippen LogP contribution < -0.4 is 10.6 Å². The normalized spacial score (nSPS) is 21.0. The summed E-state index contributed by atoms with van der Waals surface area (Å²) in [6, 6.07) is 7.23. The highest BCUT2D eigenvalue weighted by molar-refractivity contribution is 9.10. The highest BCUT2D eigenvalue weighted by Crippen LogP contribution is 2.14. The Morgan fingerprint density at radius 2 is 2.00 bits per heavy atom. The van der Waals surface area contributed by atoms with Crippen molar-refractivity contribution in [1.82, 2.24) is 5.32 Å². The summed E-state index contributed by atoms with van der Waals surface area (Å²) in [5.41, 5.74) is 0.845. The van der Waals surface area contributed by atoms with Crippen molar-refractivity contribution in [1.29, 1.82) is 0 Å². The average Bonchev–Trinajstić information content (AvgIpc) is 2.68. The summed E-state index contributed by atoms with van der Waals surface area (Å²) < 4.78 is 23.5. The zero-order valence-electron chi connectivity index (χ0n) is 10.2. The summed E-state index contributed by atoms with van der Waals surface area (Å²) in [5.74, 6) is 0.0276. The SMILES string of the molecule is O=C(CNc1ccc(Br)cc1)NC1CCS(=O)(=O)C1. The Morgan fingerprint density at radius 1 is 1.32 bits per heavy atom. The molecule has 1 unspecified atom stereocenters. The summed E-state index contributed by atoms with van der Waals surface area (Å²) >= 11 is 3.33. The van der Waals surface area contributed by atoms with Crippen LogP contribution in [0.4, 0.5) is 5.69 Å². The summed E-state index contributed by atoms with van der Waals surface area (Å²) in [7, 11) is -2.95. The Morgan fingerprint density at radius 3 is 2.58 bits per heavy atom. The molecule has 0 bridgehead atoms.